The van der Waals surface area contributed by atoms with Gasteiger partial charge in [0, 0.05) is 14.0 Å². The molecule has 1 fully saturated rings. The van der Waals surface area contributed by atoms with E-state index in [0.29, 0.717) is 19.8 Å². The molecule has 0 aromatic carbocycles. The van der Waals surface area contributed by atoms with Gasteiger partial charge in [0.2, 0.25) is 5.79 Å². The third-order valence-electron chi connectivity index (χ3n) is 1.37. The third-order valence-corrected chi connectivity index (χ3v) is 1.37. The highest BCUT2D eigenvalue weighted by molar-refractivity contribution is 5.09. The average molecular weight is 156 g/mol. The lowest BCUT2D eigenvalue weighted by atomic mass is 10.3. The SMILES string of the molecule is COCC#CC1(C)OCCO1. The molecule has 0 bridgehead atoms. The van der Waals surface area contributed by atoms with Gasteiger partial charge in [-0.05, 0) is 5.92 Å². The maximum Gasteiger partial charge on any atom is 0.230 e. The number of ether oxygens (including phenoxy) is 3. The zero-order valence-corrected chi connectivity index (χ0v) is 6.85. The van der Waals surface area contributed by atoms with Gasteiger partial charge in [-0.1, -0.05) is 5.92 Å². The van der Waals surface area contributed by atoms with Crippen molar-refractivity contribution in [3.05, 3.63) is 0 Å². The summed E-state index contributed by atoms with van der Waals surface area (Å²) in [5.74, 6) is 4.94. The molecule has 0 unspecified atom stereocenters. The summed E-state index contributed by atoms with van der Waals surface area (Å²) in [6, 6.07) is 0. The molecule has 62 valence electrons. The van der Waals surface area contributed by atoms with Gasteiger partial charge in [0.25, 0.3) is 0 Å². The third kappa shape index (κ3) is 2.51. The molecular formula is C8H12O3. The first-order valence-corrected chi connectivity index (χ1v) is 3.54. The van der Waals surface area contributed by atoms with Crippen molar-refractivity contribution < 1.29 is 14.2 Å². The lowest BCUT2D eigenvalue weighted by Crippen LogP contribution is -2.22. The molecule has 0 aromatic heterocycles. The summed E-state index contributed by atoms with van der Waals surface area (Å²) in [5.41, 5.74) is 0. The van der Waals surface area contributed by atoms with Crippen LogP contribution in [-0.4, -0.2) is 32.7 Å². The Morgan fingerprint density at radius 2 is 2.09 bits per heavy atom. The molecule has 0 aromatic rings. The largest absolute Gasteiger partial charge is 0.372 e. The highest BCUT2D eigenvalue weighted by atomic mass is 16.7. The molecule has 3 heteroatoms. The molecule has 0 N–H and O–H groups in total. The van der Waals surface area contributed by atoms with Crippen LogP contribution in [0.25, 0.3) is 0 Å². The molecule has 0 radical (unpaired) electrons. The highest BCUT2D eigenvalue weighted by Crippen LogP contribution is 2.16. The van der Waals surface area contributed by atoms with E-state index in [1.165, 1.54) is 0 Å². The number of methoxy groups -OCH3 is 1. The second-order valence-electron chi connectivity index (χ2n) is 2.38. The van der Waals surface area contributed by atoms with Crippen LogP contribution in [-0.2, 0) is 14.2 Å². The van der Waals surface area contributed by atoms with Crippen molar-refractivity contribution in [3.8, 4) is 11.8 Å². The van der Waals surface area contributed by atoms with Crippen molar-refractivity contribution >= 4 is 0 Å². The summed E-state index contributed by atoms with van der Waals surface area (Å²) in [4.78, 5) is 0. The Hall–Kier alpha value is -0.560. The maximum absolute atomic E-state index is 5.24. The van der Waals surface area contributed by atoms with Crippen LogP contribution in [0, 0.1) is 11.8 Å². The van der Waals surface area contributed by atoms with Crippen molar-refractivity contribution in [2.45, 2.75) is 12.7 Å². The molecule has 0 spiro atoms. The monoisotopic (exact) mass is 156 g/mol. The Morgan fingerprint density at radius 3 is 2.64 bits per heavy atom. The van der Waals surface area contributed by atoms with E-state index in [4.69, 9.17) is 14.2 Å². The van der Waals surface area contributed by atoms with E-state index >= 15 is 0 Å². The molecule has 1 heterocycles. The minimum atomic E-state index is -0.696. The van der Waals surface area contributed by atoms with Crippen LogP contribution in [0.2, 0.25) is 0 Å². The highest BCUT2D eigenvalue weighted by Gasteiger charge is 2.28. The summed E-state index contributed by atoms with van der Waals surface area (Å²) >= 11 is 0. The van der Waals surface area contributed by atoms with E-state index in [1.54, 1.807) is 7.11 Å². The summed E-state index contributed by atoms with van der Waals surface area (Å²) in [7, 11) is 1.60. The maximum atomic E-state index is 5.24. The Morgan fingerprint density at radius 1 is 1.45 bits per heavy atom. The average Bonchev–Trinajstić information content (AvgIpc) is 2.38. The van der Waals surface area contributed by atoms with E-state index in [1.807, 2.05) is 6.92 Å². The first-order valence-electron chi connectivity index (χ1n) is 3.54. The van der Waals surface area contributed by atoms with Gasteiger partial charge in [-0.25, -0.2) is 0 Å². The predicted octanol–water partition coefficient (Wildman–Crippen LogP) is 0.399. The minimum absolute atomic E-state index is 0.419. The molecule has 1 aliphatic rings. The standard InChI is InChI=1S/C8H12O3/c1-8(4-3-5-9-2)10-6-7-11-8/h5-7H2,1-2H3. The molecule has 1 rings (SSSR count). The Labute approximate surface area is 66.6 Å². The molecule has 0 aliphatic carbocycles. The van der Waals surface area contributed by atoms with E-state index in [-0.39, 0.29) is 0 Å². The molecular weight excluding hydrogens is 144 g/mol. The van der Waals surface area contributed by atoms with Crippen molar-refractivity contribution in [2.75, 3.05) is 26.9 Å². The summed E-state index contributed by atoms with van der Waals surface area (Å²) in [6.07, 6.45) is 0. The van der Waals surface area contributed by atoms with Gasteiger partial charge in [0.1, 0.15) is 6.61 Å². The van der Waals surface area contributed by atoms with E-state index in [9.17, 15) is 0 Å². The van der Waals surface area contributed by atoms with E-state index < -0.39 is 5.79 Å². The minimum Gasteiger partial charge on any atom is -0.372 e. The van der Waals surface area contributed by atoms with Crippen molar-refractivity contribution in [1.82, 2.24) is 0 Å². The summed E-state index contributed by atoms with van der Waals surface area (Å²) in [5, 5.41) is 0. The van der Waals surface area contributed by atoms with Crippen LogP contribution in [0.5, 0.6) is 0 Å². The van der Waals surface area contributed by atoms with Crippen molar-refractivity contribution in [1.29, 1.82) is 0 Å². The molecule has 1 aliphatic heterocycles. The number of hydrogen-bond donors (Lipinski definition) is 0. The second kappa shape index (κ2) is 3.72. The topological polar surface area (TPSA) is 27.7 Å². The van der Waals surface area contributed by atoms with Gasteiger partial charge in [-0.2, -0.15) is 0 Å². The Bertz CT molecular complexity index is 172. The summed E-state index contributed by atoms with van der Waals surface area (Å²) in [6.45, 7) is 3.47. The smallest absolute Gasteiger partial charge is 0.230 e. The van der Waals surface area contributed by atoms with Crippen LogP contribution < -0.4 is 0 Å². The van der Waals surface area contributed by atoms with Crippen molar-refractivity contribution in [2.24, 2.45) is 0 Å². The molecule has 0 amide bonds. The van der Waals surface area contributed by atoms with Gasteiger partial charge in [0.15, 0.2) is 0 Å². The van der Waals surface area contributed by atoms with Crippen LogP contribution in [0.1, 0.15) is 6.92 Å². The predicted molar refractivity (Wildman–Crippen MR) is 40.0 cm³/mol. The molecule has 1 saturated heterocycles. The fourth-order valence-corrected chi connectivity index (χ4v) is 0.855. The normalized spacial score (nSPS) is 20.9. The molecule has 0 atom stereocenters. The van der Waals surface area contributed by atoms with Crippen LogP contribution >= 0.6 is 0 Å². The van der Waals surface area contributed by atoms with Crippen molar-refractivity contribution in [3.63, 3.8) is 0 Å². The van der Waals surface area contributed by atoms with Gasteiger partial charge < -0.3 is 14.2 Å². The van der Waals surface area contributed by atoms with Gasteiger partial charge in [-0.15, -0.1) is 0 Å². The Kier molecular flexibility index (Phi) is 2.89. The zero-order valence-electron chi connectivity index (χ0n) is 6.85. The fraction of sp³-hybridized carbons (Fsp3) is 0.750. The lowest BCUT2D eigenvalue weighted by Gasteiger charge is -2.13. The van der Waals surface area contributed by atoms with Crippen LogP contribution in [0.15, 0.2) is 0 Å². The van der Waals surface area contributed by atoms with E-state index in [2.05, 4.69) is 11.8 Å². The number of hydrogen-bond acceptors (Lipinski definition) is 3. The first-order chi connectivity index (χ1) is 5.27. The second-order valence-corrected chi connectivity index (χ2v) is 2.38. The first kappa shape index (κ1) is 8.54. The van der Waals surface area contributed by atoms with Gasteiger partial charge >= 0.3 is 0 Å². The van der Waals surface area contributed by atoms with Gasteiger partial charge in [-0.3, -0.25) is 0 Å². The number of rotatable bonds is 1. The Balaban J connectivity index is 2.40. The summed E-state index contributed by atoms with van der Waals surface area (Å²) < 4.78 is 15.2. The van der Waals surface area contributed by atoms with Gasteiger partial charge in [0.05, 0.1) is 13.2 Å². The molecule has 3 nitrogen and oxygen atoms in total. The zero-order chi connectivity index (χ0) is 8.16. The quantitative estimate of drug-likeness (QED) is 0.514. The van der Waals surface area contributed by atoms with E-state index in [0.717, 1.165) is 0 Å². The lowest BCUT2D eigenvalue weighted by molar-refractivity contribution is -0.0911. The van der Waals surface area contributed by atoms with Crippen LogP contribution in [0.4, 0.5) is 0 Å². The van der Waals surface area contributed by atoms with Crippen LogP contribution in [0.3, 0.4) is 0 Å². The molecule has 0 saturated carbocycles. The fourth-order valence-electron chi connectivity index (χ4n) is 0.855. The molecule has 11 heavy (non-hydrogen) atoms.